The normalized spacial score (nSPS) is 24.8. The quantitative estimate of drug-likeness (QED) is 0.779. The predicted molar refractivity (Wildman–Crippen MR) is 66.9 cm³/mol. The third-order valence-electron chi connectivity index (χ3n) is 2.96. The van der Waals surface area contributed by atoms with Gasteiger partial charge in [0, 0.05) is 18.1 Å². The summed E-state index contributed by atoms with van der Waals surface area (Å²) in [6.45, 7) is 13.5. The van der Waals surface area contributed by atoms with Crippen LogP contribution in [0.2, 0.25) is 0 Å². The summed E-state index contributed by atoms with van der Waals surface area (Å²) >= 11 is 0. The van der Waals surface area contributed by atoms with Crippen LogP contribution in [0.5, 0.6) is 0 Å². The molecular formula is C13H28N2. The minimum atomic E-state index is -0.0551. The lowest BCUT2D eigenvalue weighted by Crippen LogP contribution is -2.47. The van der Waals surface area contributed by atoms with Crippen LogP contribution in [0.3, 0.4) is 0 Å². The second-order valence-corrected chi connectivity index (χ2v) is 7.02. The molecule has 90 valence electrons. The van der Waals surface area contributed by atoms with E-state index < -0.39 is 0 Å². The second kappa shape index (κ2) is 4.42. The average molecular weight is 212 g/mol. The first-order chi connectivity index (χ1) is 6.67. The Morgan fingerprint density at radius 2 is 1.80 bits per heavy atom. The third-order valence-corrected chi connectivity index (χ3v) is 2.96. The molecule has 1 aliphatic rings. The highest BCUT2D eigenvalue weighted by Gasteiger charge is 2.30. The highest BCUT2D eigenvalue weighted by molar-refractivity contribution is 4.87. The Kier molecular flexibility index (Phi) is 3.83. The zero-order chi connectivity index (χ0) is 11.7. The standard InChI is InChI=1S/C13H28N2/c1-12(2,3)9-11-7-6-8-15(11)10-13(4,5)14/h11H,6-10,14H2,1-5H3. The van der Waals surface area contributed by atoms with E-state index in [0.29, 0.717) is 5.41 Å². The summed E-state index contributed by atoms with van der Waals surface area (Å²) in [6.07, 6.45) is 3.99. The Balaban J connectivity index is 2.50. The molecule has 1 aliphatic heterocycles. The Morgan fingerprint density at radius 3 is 2.27 bits per heavy atom. The van der Waals surface area contributed by atoms with Crippen LogP contribution >= 0.6 is 0 Å². The summed E-state index contributed by atoms with van der Waals surface area (Å²) in [5, 5.41) is 0. The number of hydrogen-bond acceptors (Lipinski definition) is 2. The molecular weight excluding hydrogens is 184 g/mol. The van der Waals surface area contributed by atoms with E-state index in [0.717, 1.165) is 12.6 Å². The van der Waals surface area contributed by atoms with Crippen molar-refractivity contribution >= 4 is 0 Å². The molecule has 1 rings (SSSR count). The van der Waals surface area contributed by atoms with Gasteiger partial charge in [0.05, 0.1) is 0 Å². The van der Waals surface area contributed by atoms with Crippen molar-refractivity contribution in [3.63, 3.8) is 0 Å². The first kappa shape index (κ1) is 13.0. The molecule has 15 heavy (non-hydrogen) atoms. The smallest absolute Gasteiger partial charge is 0.0226 e. The van der Waals surface area contributed by atoms with E-state index in [4.69, 9.17) is 5.73 Å². The van der Waals surface area contributed by atoms with Crippen molar-refractivity contribution in [2.75, 3.05) is 13.1 Å². The molecule has 2 N–H and O–H groups in total. The summed E-state index contributed by atoms with van der Waals surface area (Å²) in [5.74, 6) is 0. The summed E-state index contributed by atoms with van der Waals surface area (Å²) < 4.78 is 0. The summed E-state index contributed by atoms with van der Waals surface area (Å²) in [4.78, 5) is 2.59. The summed E-state index contributed by atoms with van der Waals surface area (Å²) in [6, 6.07) is 0.757. The van der Waals surface area contributed by atoms with Crippen LogP contribution in [0.4, 0.5) is 0 Å². The molecule has 1 atom stereocenters. The van der Waals surface area contributed by atoms with Crippen molar-refractivity contribution in [1.82, 2.24) is 4.90 Å². The molecule has 0 spiro atoms. The van der Waals surface area contributed by atoms with Gasteiger partial charge in [-0.3, -0.25) is 4.90 Å². The maximum atomic E-state index is 6.10. The lowest BCUT2D eigenvalue weighted by Gasteiger charge is -2.34. The average Bonchev–Trinajstić information content (AvgIpc) is 2.29. The zero-order valence-corrected chi connectivity index (χ0v) is 11.1. The van der Waals surface area contributed by atoms with Gasteiger partial charge in [0.15, 0.2) is 0 Å². The lowest BCUT2D eigenvalue weighted by atomic mass is 9.87. The molecule has 0 aromatic carbocycles. The summed E-state index contributed by atoms with van der Waals surface area (Å²) in [7, 11) is 0. The molecule has 1 saturated heterocycles. The van der Waals surface area contributed by atoms with Crippen LogP contribution in [0, 0.1) is 5.41 Å². The fourth-order valence-corrected chi connectivity index (χ4v) is 2.56. The van der Waals surface area contributed by atoms with Gasteiger partial charge in [-0.05, 0) is 45.1 Å². The van der Waals surface area contributed by atoms with Crippen LogP contribution in [-0.2, 0) is 0 Å². The van der Waals surface area contributed by atoms with Gasteiger partial charge >= 0.3 is 0 Å². The lowest BCUT2D eigenvalue weighted by molar-refractivity contribution is 0.165. The van der Waals surface area contributed by atoms with Gasteiger partial charge < -0.3 is 5.73 Å². The van der Waals surface area contributed by atoms with E-state index >= 15 is 0 Å². The molecule has 0 amide bonds. The van der Waals surface area contributed by atoms with Crippen molar-refractivity contribution in [2.45, 2.75) is 65.5 Å². The number of rotatable bonds is 3. The molecule has 2 nitrogen and oxygen atoms in total. The van der Waals surface area contributed by atoms with Crippen LogP contribution in [0.25, 0.3) is 0 Å². The first-order valence-electron chi connectivity index (χ1n) is 6.20. The maximum Gasteiger partial charge on any atom is 0.0226 e. The van der Waals surface area contributed by atoms with Crippen LogP contribution in [0.15, 0.2) is 0 Å². The van der Waals surface area contributed by atoms with E-state index in [2.05, 4.69) is 39.5 Å². The molecule has 1 heterocycles. The van der Waals surface area contributed by atoms with E-state index in [1.165, 1.54) is 25.8 Å². The number of hydrogen-bond donors (Lipinski definition) is 1. The van der Waals surface area contributed by atoms with Crippen molar-refractivity contribution in [1.29, 1.82) is 0 Å². The van der Waals surface area contributed by atoms with Gasteiger partial charge in [-0.2, -0.15) is 0 Å². The van der Waals surface area contributed by atoms with E-state index in [1.54, 1.807) is 0 Å². The van der Waals surface area contributed by atoms with Gasteiger partial charge in [0.25, 0.3) is 0 Å². The maximum absolute atomic E-state index is 6.10. The zero-order valence-electron chi connectivity index (χ0n) is 11.1. The Bertz CT molecular complexity index is 176. The Morgan fingerprint density at radius 1 is 1.20 bits per heavy atom. The molecule has 1 fully saturated rings. The Hall–Kier alpha value is -0.0800. The van der Waals surface area contributed by atoms with E-state index in [9.17, 15) is 0 Å². The minimum absolute atomic E-state index is 0.0551. The van der Waals surface area contributed by atoms with Crippen molar-refractivity contribution < 1.29 is 0 Å². The van der Waals surface area contributed by atoms with Gasteiger partial charge in [-0.1, -0.05) is 20.8 Å². The molecule has 0 aromatic heterocycles. The van der Waals surface area contributed by atoms with E-state index in [-0.39, 0.29) is 5.54 Å². The molecule has 0 saturated carbocycles. The SMILES string of the molecule is CC(C)(C)CC1CCCN1CC(C)(C)N. The first-order valence-corrected chi connectivity index (χ1v) is 6.20. The summed E-state index contributed by atoms with van der Waals surface area (Å²) in [5.41, 5.74) is 6.48. The molecule has 0 aliphatic carbocycles. The van der Waals surface area contributed by atoms with Crippen LogP contribution in [-0.4, -0.2) is 29.6 Å². The molecule has 1 unspecified atom stereocenters. The fraction of sp³-hybridized carbons (Fsp3) is 1.00. The molecule has 0 bridgehead atoms. The monoisotopic (exact) mass is 212 g/mol. The number of likely N-dealkylation sites (tertiary alicyclic amines) is 1. The highest BCUT2D eigenvalue weighted by Crippen LogP contribution is 2.30. The fourth-order valence-electron chi connectivity index (χ4n) is 2.56. The minimum Gasteiger partial charge on any atom is -0.324 e. The van der Waals surface area contributed by atoms with Crippen LogP contribution < -0.4 is 5.73 Å². The number of nitrogens with zero attached hydrogens (tertiary/aromatic N) is 1. The molecule has 0 aromatic rings. The largest absolute Gasteiger partial charge is 0.324 e. The van der Waals surface area contributed by atoms with Gasteiger partial charge in [0.1, 0.15) is 0 Å². The Labute approximate surface area is 95.2 Å². The van der Waals surface area contributed by atoms with Crippen LogP contribution in [0.1, 0.15) is 53.9 Å². The van der Waals surface area contributed by atoms with Crippen molar-refractivity contribution in [3.05, 3.63) is 0 Å². The van der Waals surface area contributed by atoms with E-state index in [1.807, 2.05) is 0 Å². The van der Waals surface area contributed by atoms with Crippen molar-refractivity contribution in [2.24, 2.45) is 11.1 Å². The van der Waals surface area contributed by atoms with Gasteiger partial charge in [-0.15, -0.1) is 0 Å². The van der Waals surface area contributed by atoms with Gasteiger partial charge in [-0.25, -0.2) is 0 Å². The van der Waals surface area contributed by atoms with Crippen molar-refractivity contribution in [3.8, 4) is 0 Å². The van der Waals surface area contributed by atoms with Gasteiger partial charge in [0.2, 0.25) is 0 Å². The highest BCUT2D eigenvalue weighted by atomic mass is 15.2. The molecule has 2 heteroatoms. The predicted octanol–water partition coefficient (Wildman–Crippen LogP) is 2.62. The number of nitrogens with two attached hydrogens (primary N) is 1. The third kappa shape index (κ3) is 4.98. The molecule has 0 radical (unpaired) electrons. The second-order valence-electron chi connectivity index (χ2n) is 7.02. The topological polar surface area (TPSA) is 29.3 Å².